The first-order valence-corrected chi connectivity index (χ1v) is 11.9. The summed E-state index contributed by atoms with van der Waals surface area (Å²) >= 11 is 0. The van der Waals surface area contributed by atoms with Gasteiger partial charge in [0.1, 0.15) is 5.82 Å². The molecule has 32 heavy (non-hydrogen) atoms. The molecule has 1 aliphatic carbocycles. The Morgan fingerprint density at radius 2 is 2.03 bits per heavy atom. The van der Waals surface area contributed by atoms with Crippen LogP contribution in [0.5, 0.6) is 0 Å². The lowest BCUT2D eigenvalue weighted by molar-refractivity contribution is -0.114. The van der Waals surface area contributed by atoms with Gasteiger partial charge in [-0.05, 0) is 80.7 Å². The molecule has 2 aliphatic heterocycles. The van der Waals surface area contributed by atoms with Gasteiger partial charge in [0.15, 0.2) is 0 Å². The second-order valence-corrected chi connectivity index (χ2v) is 9.61. The Hall–Kier alpha value is -2.51. The lowest BCUT2D eigenvalue weighted by atomic mass is 9.85. The highest BCUT2D eigenvalue weighted by Crippen LogP contribution is 2.41. The summed E-state index contributed by atoms with van der Waals surface area (Å²) < 4.78 is 5.53. The summed E-state index contributed by atoms with van der Waals surface area (Å²) in [5.41, 5.74) is 2.50. The van der Waals surface area contributed by atoms with Crippen molar-refractivity contribution in [3.8, 4) is 11.3 Å². The Balaban J connectivity index is 1.17. The zero-order chi connectivity index (χ0) is 21.9. The van der Waals surface area contributed by atoms with E-state index < -0.39 is 0 Å². The van der Waals surface area contributed by atoms with Crippen LogP contribution in [-0.2, 0) is 9.53 Å². The lowest BCUT2D eigenvalue weighted by Gasteiger charge is -2.27. The van der Waals surface area contributed by atoms with Crippen LogP contribution in [0, 0.1) is 17.8 Å². The first-order chi connectivity index (χ1) is 15.6. The van der Waals surface area contributed by atoms with Crippen LogP contribution in [-0.4, -0.2) is 47.9 Å². The molecule has 3 fully saturated rings. The standard InChI is InChI=1S/C25H33N5O2/c1-16(31)27-20-4-2-3-18(12-20)23-5-6-25(30-29-23)28-21-13-19-15-26-24(22(19)14-21)11-17-7-9-32-10-8-17/h2-6,12,17,19,21-22,24,26H,7-11,13-15H2,1H3,(H,27,31)(H,28,30)/t19-,21+,22+,24+/m1/s1. The summed E-state index contributed by atoms with van der Waals surface area (Å²) in [5.74, 6) is 3.10. The van der Waals surface area contributed by atoms with Crippen LogP contribution in [0.1, 0.15) is 39.0 Å². The third-order valence-corrected chi connectivity index (χ3v) is 7.33. The van der Waals surface area contributed by atoms with Gasteiger partial charge in [0.2, 0.25) is 5.91 Å². The zero-order valence-electron chi connectivity index (χ0n) is 18.7. The Kier molecular flexibility index (Phi) is 6.37. The molecule has 1 aromatic heterocycles. The van der Waals surface area contributed by atoms with Gasteiger partial charge < -0.3 is 20.7 Å². The number of amides is 1. The first kappa shape index (κ1) is 21.3. The fourth-order valence-corrected chi connectivity index (χ4v) is 5.79. The number of fused-ring (bicyclic) bond motifs is 1. The molecule has 5 rings (SSSR count). The van der Waals surface area contributed by atoms with E-state index in [2.05, 4.69) is 26.1 Å². The molecule has 0 unspecified atom stereocenters. The van der Waals surface area contributed by atoms with Crippen LogP contribution in [0.2, 0.25) is 0 Å². The molecule has 2 aromatic rings. The van der Waals surface area contributed by atoms with Crippen molar-refractivity contribution in [1.29, 1.82) is 0 Å². The van der Waals surface area contributed by atoms with Gasteiger partial charge in [0.25, 0.3) is 0 Å². The van der Waals surface area contributed by atoms with E-state index in [1.807, 2.05) is 36.4 Å². The number of nitrogens with one attached hydrogen (secondary N) is 3. The molecule has 4 atom stereocenters. The second-order valence-electron chi connectivity index (χ2n) is 9.61. The molecule has 1 aromatic carbocycles. The third-order valence-electron chi connectivity index (χ3n) is 7.33. The van der Waals surface area contributed by atoms with Crippen molar-refractivity contribution in [2.75, 3.05) is 30.4 Å². The van der Waals surface area contributed by atoms with E-state index in [1.54, 1.807) is 0 Å². The van der Waals surface area contributed by atoms with Gasteiger partial charge in [-0.25, -0.2) is 0 Å². The van der Waals surface area contributed by atoms with Gasteiger partial charge in [0.05, 0.1) is 5.69 Å². The van der Waals surface area contributed by atoms with Crippen molar-refractivity contribution < 1.29 is 9.53 Å². The average Bonchev–Trinajstić information content (AvgIpc) is 3.36. The molecular formula is C25H33N5O2. The van der Waals surface area contributed by atoms with Crippen LogP contribution >= 0.6 is 0 Å². The molecule has 7 nitrogen and oxygen atoms in total. The molecule has 1 saturated carbocycles. The molecule has 0 radical (unpaired) electrons. The van der Waals surface area contributed by atoms with E-state index >= 15 is 0 Å². The van der Waals surface area contributed by atoms with Crippen molar-refractivity contribution in [3.05, 3.63) is 36.4 Å². The fourth-order valence-electron chi connectivity index (χ4n) is 5.79. The van der Waals surface area contributed by atoms with Gasteiger partial charge >= 0.3 is 0 Å². The van der Waals surface area contributed by atoms with Crippen LogP contribution in [0.4, 0.5) is 11.5 Å². The third kappa shape index (κ3) is 4.94. The number of hydrogen-bond donors (Lipinski definition) is 3. The molecule has 3 N–H and O–H groups in total. The van der Waals surface area contributed by atoms with E-state index in [1.165, 1.54) is 39.0 Å². The topological polar surface area (TPSA) is 88.2 Å². The minimum Gasteiger partial charge on any atom is -0.381 e. The van der Waals surface area contributed by atoms with Crippen LogP contribution in [0.25, 0.3) is 11.3 Å². The average molecular weight is 436 g/mol. The highest BCUT2D eigenvalue weighted by atomic mass is 16.5. The maximum absolute atomic E-state index is 11.3. The Morgan fingerprint density at radius 1 is 1.16 bits per heavy atom. The van der Waals surface area contributed by atoms with E-state index in [4.69, 9.17) is 4.74 Å². The minimum absolute atomic E-state index is 0.0840. The predicted molar refractivity (Wildman–Crippen MR) is 125 cm³/mol. The van der Waals surface area contributed by atoms with Crippen molar-refractivity contribution >= 4 is 17.4 Å². The van der Waals surface area contributed by atoms with Gasteiger partial charge in [-0.15, -0.1) is 10.2 Å². The number of nitrogens with zero attached hydrogens (tertiary/aromatic N) is 2. The number of benzene rings is 1. The van der Waals surface area contributed by atoms with Gasteiger partial charge in [-0.1, -0.05) is 12.1 Å². The van der Waals surface area contributed by atoms with Crippen LogP contribution in [0.15, 0.2) is 36.4 Å². The molecule has 7 heteroatoms. The maximum Gasteiger partial charge on any atom is 0.221 e. The Bertz CT molecular complexity index is 928. The smallest absolute Gasteiger partial charge is 0.221 e. The number of carbonyl (C=O) groups excluding carboxylic acids is 1. The van der Waals surface area contributed by atoms with Crippen LogP contribution in [0.3, 0.4) is 0 Å². The van der Waals surface area contributed by atoms with E-state index in [0.717, 1.165) is 60.3 Å². The molecule has 0 bridgehead atoms. The molecular weight excluding hydrogens is 402 g/mol. The zero-order valence-corrected chi connectivity index (χ0v) is 18.7. The summed E-state index contributed by atoms with van der Waals surface area (Å²) in [5, 5.41) is 19.1. The van der Waals surface area contributed by atoms with Gasteiger partial charge in [0, 0.05) is 43.5 Å². The number of rotatable bonds is 6. The Labute approximate surface area is 189 Å². The normalized spacial score (nSPS) is 27.8. The molecule has 2 saturated heterocycles. The largest absolute Gasteiger partial charge is 0.381 e. The fraction of sp³-hybridized carbons (Fsp3) is 0.560. The quantitative estimate of drug-likeness (QED) is 0.641. The predicted octanol–water partition coefficient (Wildman–Crippen LogP) is 3.70. The SMILES string of the molecule is CC(=O)Nc1cccc(-c2ccc(N[C@H]3C[C@@H]4CN[C@@H](CC5CCOCC5)[C@H]4C3)nn2)c1. The molecule has 3 aliphatic rings. The molecule has 3 heterocycles. The first-order valence-electron chi connectivity index (χ1n) is 11.9. The monoisotopic (exact) mass is 435 g/mol. The second kappa shape index (κ2) is 9.55. The van der Waals surface area contributed by atoms with E-state index in [-0.39, 0.29) is 5.91 Å². The molecule has 170 valence electrons. The van der Waals surface area contributed by atoms with E-state index in [0.29, 0.717) is 12.1 Å². The van der Waals surface area contributed by atoms with Crippen molar-refractivity contribution in [2.45, 2.75) is 51.1 Å². The summed E-state index contributed by atoms with van der Waals surface area (Å²) in [6.45, 7) is 4.52. The van der Waals surface area contributed by atoms with Gasteiger partial charge in [-0.2, -0.15) is 0 Å². The van der Waals surface area contributed by atoms with Crippen LogP contribution < -0.4 is 16.0 Å². The summed E-state index contributed by atoms with van der Waals surface area (Å²) in [7, 11) is 0. The number of carbonyl (C=O) groups is 1. The maximum atomic E-state index is 11.3. The highest BCUT2D eigenvalue weighted by molar-refractivity contribution is 5.89. The number of hydrogen-bond acceptors (Lipinski definition) is 6. The highest BCUT2D eigenvalue weighted by Gasteiger charge is 2.43. The van der Waals surface area contributed by atoms with E-state index in [9.17, 15) is 4.79 Å². The summed E-state index contributed by atoms with van der Waals surface area (Å²) in [4.78, 5) is 11.3. The lowest BCUT2D eigenvalue weighted by Crippen LogP contribution is -2.33. The number of aromatic nitrogens is 2. The van der Waals surface area contributed by atoms with Crippen molar-refractivity contribution in [1.82, 2.24) is 15.5 Å². The van der Waals surface area contributed by atoms with Crippen molar-refractivity contribution in [3.63, 3.8) is 0 Å². The molecule has 1 amide bonds. The van der Waals surface area contributed by atoms with Gasteiger partial charge in [-0.3, -0.25) is 4.79 Å². The Morgan fingerprint density at radius 3 is 2.81 bits per heavy atom. The summed E-state index contributed by atoms with van der Waals surface area (Å²) in [6.07, 6.45) is 6.13. The number of ether oxygens (including phenoxy) is 1. The summed E-state index contributed by atoms with van der Waals surface area (Å²) in [6, 6.07) is 12.8. The van der Waals surface area contributed by atoms with Crippen molar-refractivity contribution in [2.24, 2.45) is 17.8 Å². The minimum atomic E-state index is -0.0840. The number of anilines is 2. The molecule has 0 spiro atoms.